The van der Waals surface area contributed by atoms with E-state index in [0.29, 0.717) is 23.3 Å². The lowest BCUT2D eigenvalue weighted by atomic mass is 9.96. The van der Waals surface area contributed by atoms with Gasteiger partial charge in [0.05, 0.1) is 24.3 Å². The van der Waals surface area contributed by atoms with E-state index in [4.69, 9.17) is 4.74 Å². The molecule has 1 heterocycles. The summed E-state index contributed by atoms with van der Waals surface area (Å²) in [5.41, 5.74) is 5.66. The lowest BCUT2D eigenvalue weighted by molar-refractivity contribution is 0.0909. The third-order valence-electron chi connectivity index (χ3n) is 6.31. The number of ether oxygens (including phenoxy) is 1. The van der Waals surface area contributed by atoms with Crippen molar-refractivity contribution in [1.29, 1.82) is 0 Å². The van der Waals surface area contributed by atoms with Gasteiger partial charge in [-0.2, -0.15) is 0 Å². The molecule has 0 saturated heterocycles. The van der Waals surface area contributed by atoms with Gasteiger partial charge >= 0.3 is 0 Å². The van der Waals surface area contributed by atoms with Gasteiger partial charge in [0.15, 0.2) is 0 Å². The molecule has 7 nitrogen and oxygen atoms in total. The minimum Gasteiger partial charge on any atom is -0.490 e. The van der Waals surface area contributed by atoms with Crippen molar-refractivity contribution in [2.24, 2.45) is 0 Å². The standard InChI is InChI=1S/C30H33N3O4/c1-18(2)37-28-12-10-20(24-11-9-21(13-19(24)3)29(35)31-4)15-26(28)30(36)33-23(17-34)14-22-16-32-27-8-6-5-7-25(22)27/h5-13,15-16,18,23,32,34H,14,17H2,1-4H3,(H,31,35)(H,33,36)/t23-/m1/s1. The summed E-state index contributed by atoms with van der Waals surface area (Å²) in [4.78, 5) is 28.8. The second-order valence-corrected chi connectivity index (χ2v) is 9.40. The molecule has 4 aromatic rings. The van der Waals surface area contributed by atoms with Crippen LogP contribution in [0.3, 0.4) is 0 Å². The molecule has 1 aromatic heterocycles. The first-order chi connectivity index (χ1) is 17.8. The van der Waals surface area contributed by atoms with Gasteiger partial charge < -0.3 is 25.5 Å². The molecule has 4 N–H and O–H groups in total. The molecule has 1 atom stereocenters. The van der Waals surface area contributed by atoms with Gasteiger partial charge in [-0.3, -0.25) is 9.59 Å². The predicted molar refractivity (Wildman–Crippen MR) is 146 cm³/mol. The van der Waals surface area contributed by atoms with Crippen LogP contribution in [0.1, 0.15) is 45.7 Å². The number of para-hydroxylation sites is 1. The fourth-order valence-corrected chi connectivity index (χ4v) is 4.50. The maximum atomic E-state index is 13.5. The fraction of sp³-hybridized carbons (Fsp3) is 0.267. The molecule has 0 aliphatic heterocycles. The monoisotopic (exact) mass is 499 g/mol. The SMILES string of the molecule is CNC(=O)c1ccc(-c2ccc(OC(C)C)c(C(=O)N[C@@H](CO)Cc3c[nH]c4ccccc34)c2)c(C)c1. The quantitative estimate of drug-likeness (QED) is 0.270. The smallest absolute Gasteiger partial charge is 0.255 e. The first-order valence-electron chi connectivity index (χ1n) is 12.4. The molecule has 0 fully saturated rings. The van der Waals surface area contributed by atoms with Crippen LogP contribution in [0.2, 0.25) is 0 Å². The van der Waals surface area contributed by atoms with E-state index in [0.717, 1.165) is 33.2 Å². The molecule has 7 heteroatoms. The van der Waals surface area contributed by atoms with E-state index in [1.807, 2.05) is 69.4 Å². The third kappa shape index (κ3) is 5.84. The van der Waals surface area contributed by atoms with Gasteiger partial charge in [0.1, 0.15) is 5.75 Å². The van der Waals surface area contributed by atoms with Crippen LogP contribution in [0.4, 0.5) is 0 Å². The Morgan fingerprint density at radius 1 is 1.03 bits per heavy atom. The number of H-pyrrole nitrogens is 1. The molecule has 0 bridgehead atoms. The number of hydrogen-bond acceptors (Lipinski definition) is 4. The van der Waals surface area contributed by atoms with Crippen LogP contribution in [-0.4, -0.2) is 47.7 Å². The molecule has 192 valence electrons. The molecule has 0 saturated carbocycles. The molecule has 37 heavy (non-hydrogen) atoms. The van der Waals surface area contributed by atoms with Crippen LogP contribution in [0, 0.1) is 6.92 Å². The highest BCUT2D eigenvalue weighted by atomic mass is 16.5. The number of carbonyl (C=O) groups excluding carboxylic acids is 2. The second-order valence-electron chi connectivity index (χ2n) is 9.40. The van der Waals surface area contributed by atoms with Crippen molar-refractivity contribution in [2.45, 2.75) is 39.3 Å². The highest BCUT2D eigenvalue weighted by Crippen LogP contribution is 2.30. The molecule has 4 rings (SSSR count). The molecular weight excluding hydrogens is 466 g/mol. The normalized spacial score (nSPS) is 11.9. The Hall–Kier alpha value is -4.10. The Balaban J connectivity index is 1.63. The number of aliphatic hydroxyl groups excluding tert-OH is 1. The summed E-state index contributed by atoms with van der Waals surface area (Å²) in [6.45, 7) is 5.55. The zero-order chi connectivity index (χ0) is 26.5. The Kier molecular flexibility index (Phi) is 7.94. The number of aryl methyl sites for hydroxylation is 1. The lowest BCUT2D eigenvalue weighted by Gasteiger charge is -2.20. The van der Waals surface area contributed by atoms with Crippen molar-refractivity contribution in [3.05, 3.63) is 89.1 Å². The summed E-state index contributed by atoms with van der Waals surface area (Å²) < 4.78 is 5.95. The zero-order valence-electron chi connectivity index (χ0n) is 21.6. The van der Waals surface area contributed by atoms with E-state index in [1.165, 1.54) is 0 Å². The zero-order valence-corrected chi connectivity index (χ0v) is 21.6. The van der Waals surface area contributed by atoms with Crippen molar-refractivity contribution in [2.75, 3.05) is 13.7 Å². The van der Waals surface area contributed by atoms with Crippen molar-refractivity contribution in [1.82, 2.24) is 15.6 Å². The number of hydrogen-bond donors (Lipinski definition) is 4. The van der Waals surface area contributed by atoms with Crippen LogP contribution in [-0.2, 0) is 6.42 Å². The molecule has 2 amide bonds. The second kappa shape index (κ2) is 11.3. The van der Waals surface area contributed by atoms with Gasteiger partial charge in [0.25, 0.3) is 11.8 Å². The number of fused-ring (bicyclic) bond motifs is 1. The van der Waals surface area contributed by atoms with Crippen molar-refractivity contribution < 1.29 is 19.4 Å². The molecule has 0 radical (unpaired) electrons. The van der Waals surface area contributed by atoms with Gasteiger partial charge in [0.2, 0.25) is 0 Å². The number of aromatic amines is 1. The number of rotatable bonds is 9. The summed E-state index contributed by atoms with van der Waals surface area (Å²) >= 11 is 0. The van der Waals surface area contributed by atoms with E-state index < -0.39 is 6.04 Å². The summed E-state index contributed by atoms with van der Waals surface area (Å²) in [7, 11) is 1.60. The van der Waals surface area contributed by atoms with Gasteiger partial charge in [-0.15, -0.1) is 0 Å². The molecular formula is C30H33N3O4. The van der Waals surface area contributed by atoms with Gasteiger partial charge in [-0.1, -0.05) is 30.3 Å². The highest BCUT2D eigenvalue weighted by molar-refractivity contribution is 5.99. The Morgan fingerprint density at radius 2 is 1.81 bits per heavy atom. The van der Waals surface area contributed by atoms with Crippen molar-refractivity contribution in [3.8, 4) is 16.9 Å². The molecule has 0 aliphatic rings. The van der Waals surface area contributed by atoms with Crippen LogP contribution < -0.4 is 15.4 Å². The fourth-order valence-electron chi connectivity index (χ4n) is 4.50. The van der Waals surface area contributed by atoms with Crippen LogP contribution in [0.15, 0.2) is 66.9 Å². The first kappa shape index (κ1) is 26.0. The Bertz CT molecular complexity index is 1420. The average molecular weight is 500 g/mol. The summed E-state index contributed by atoms with van der Waals surface area (Å²) in [6.07, 6.45) is 2.27. The Morgan fingerprint density at radius 3 is 2.51 bits per heavy atom. The summed E-state index contributed by atoms with van der Waals surface area (Å²) in [6, 6.07) is 18.5. The number of amides is 2. The minimum atomic E-state index is -0.476. The largest absolute Gasteiger partial charge is 0.490 e. The van der Waals surface area contributed by atoms with Crippen molar-refractivity contribution >= 4 is 22.7 Å². The number of benzene rings is 3. The highest BCUT2D eigenvalue weighted by Gasteiger charge is 2.20. The summed E-state index contributed by atoms with van der Waals surface area (Å²) in [5.74, 6) is -0.00339. The van der Waals surface area contributed by atoms with E-state index in [2.05, 4.69) is 15.6 Å². The van der Waals surface area contributed by atoms with Crippen LogP contribution >= 0.6 is 0 Å². The van der Waals surface area contributed by atoms with Gasteiger partial charge in [-0.25, -0.2) is 0 Å². The number of carbonyl (C=O) groups is 2. The average Bonchev–Trinajstić information content (AvgIpc) is 3.30. The third-order valence-corrected chi connectivity index (χ3v) is 6.31. The molecule has 0 unspecified atom stereocenters. The molecule has 0 aliphatic carbocycles. The molecule has 0 spiro atoms. The van der Waals surface area contributed by atoms with Gasteiger partial charge in [-0.05, 0) is 79.8 Å². The Labute approximate surface area is 216 Å². The van der Waals surface area contributed by atoms with E-state index in [9.17, 15) is 14.7 Å². The van der Waals surface area contributed by atoms with Gasteiger partial charge in [0, 0.05) is 29.7 Å². The minimum absolute atomic E-state index is 0.120. The maximum absolute atomic E-state index is 13.5. The first-order valence-corrected chi connectivity index (χ1v) is 12.4. The molecule has 3 aromatic carbocycles. The predicted octanol–water partition coefficient (Wildman–Crippen LogP) is 4.62. The number of aliphatic hydroxyl groups is 1. The number of aromatic nitrogens is 1. The van der Waals surface area contributed by atoms with Crippen molar-refractivity contribution in [3.63, 3.8) is 0 Å². The summed E-state index contributed by atoms with van der Waals surface area (Å²) in [5, 5.41) is 16.8. The maximum Gasteiger partial charge on any atom is 0.255 e. The van der Waals surface area contributed by atoms with E-state index in [1.54, 1.807) is 25.2 Å². The van der Waals surface area contributed by atoms with E-state index >= 15 is 0 Å². The number of nitrogens with one attached hydrogen (secondary N) is 3. The topological polar surface area (TPSA) is 103 Å². The lowest BCUT2D eigenvalue weighted by Crippen LogP contribution is -2.39. The van der Waals surface area contributed by atoms with Crippen LogP contribution in [0.25, 0.3) is 22.0 Å². The van der Waals surface area contributed by atoms with Crippen LogP contribution in [0.5, 0.6) is 5.75 Å². The van der Waals surface area contributed by atoms with E-state index in [-0.39, 0.29) is 24.5 Å².